The van der Waals surface area contributed by atoms with Crippen molar-refractivity contribution in [3.8, 4) is 11.5 Å². The van der Waals surface area contributed by atoms with Crippen LogP contribution < -0.4 is 14.8 Å². The molecule has 0 saturated heterocycles. The predicted molar refractivity (Wildman–Crippen MR) is 65.0 cm³/mol. The number of carbonyl (C=O) groups is 1. The van der Waals surface area contributed by atoms with E-state index in [1.54, 1.807) is 26.2 Å². The fraction of sp³-hybridized carbons (Fsp3) is 0.417. The number of carboxylic acids is 1. The number of nitrogens with one attached hydrogen (secondary N) is 1. The summed E-state index contributed by atoms with van der Waals surface area (Å²) in [5.74, 6) is 0.288. The summed E-state index contributed by atoms with van der Waals surface area (Å²) in [6, 6.07) is 2.87. The molecular weight excluding hydrogens is 222 g/mol. The number of aryl methyl sites for hydroxylation is 1. The van der Waals surface area contributed by atoms with E-state index in [1.807, 2.05) is 6.92 Å². The average molecular weight is 239 g/mol. The maximum absolute atomic E-state index is 10.8. The molecule has 1 unspecified atom stereocenters. The molecule has 1 atom stereocenters. The van der Waals surface area contributed by atoms with Gasteiger partial charge in [-0.2, -0.15) is 0 Å². The van der Waals surface area contributed by atoms with Crippen molar-refractivity contribution in [3.05, 3.63) is 17.7 Å². The monoisotopic (exact) mass is 239 g/mol. The first kappa shape index (κ1) is 13.2. The fourth-order valence-corrected chi connectivity index (χ4v) is 1.43. The highest BCUT2D eigenvalue weighted by molar-refractivity contribution is 5.77. The van der Waals surface area contributed by atoms with Crippen molar-refractivity contribution in [2.24, 2.45) is 0 Å². The summed E-state index contributed by atoms with van der Waals surface area (Å²) in [6.45, 7) is 3.46. The fourth-order valence-electron chi connectivity index (χ4n) is 1.43. The van der Waals surface area contributed by atoms with Gasteiger partial charge in [0.25, 0.3) is 0 Å². The second-order valence-corrected chi connectivity index (χ2v) is 3.73. The van der Waals surface area contributed by atoms with Gasteiger partial charge in [-0.25, -0.2) is 0 Å². The highest BCUT2D eigenvalue weighted by atomic mass is 16.5. The summed E-state index contributed by atoms with van der Waals surface area (Å²) < 4.78 is 10.3. The summed E-state index contributed by atoms with van der Waals surface area (Å²) in [5, 5.41) is 11.7. The van der Waals surface area contributed by atoms with E-state index in [0.29, 0.717) is 11.5 Å². The van der Waals surface area contributed by atoms with Crippen LogP contribution in [0.2, 0.25) is 0 Å². The Morgan fingerprint density at radius 1 is 1.29 bits per heavy atom. The van der Waals surface area contributed by atoms with Gasteiger partial charge in [0.05, 0.1) is 14.2 Å². The first-order valence-corrected chi connectivity index (χ1v) is 5.21. The van der Waals surface area contributed by atoms with Gasteiger partial charge in [0, 0.05) is 11.8 Å². The van der Waals surface area contributed by atoms with E-state index in [0.717, 1.165) is 11.3 Å². The molecule has 2 N–H and O–H groups in total. The van der Waals surface area contributed by atoms with Crippen LogP contribution in [0.1, 0.15) is 12.5 Å². The van der Waals surface area contributed by atoms with Gasteiger partial charge >= 0.3 is 5.97 Å². The van der Waals surface area contributed by atoms with Crippen LogP contribution in [0.4, 0.5) is 5.69 Å². The molecule has 0 saturated carbocycles. The number of rotatable bonds is 5. The number of aliphatic carboxylic acids is 1. The predicted octanol–water partition coefficient (Wildman–Crippen LogP) is 1.90. The van der Waals surface area contributed by atoms with E-state index in [1.165, 1.54) is 7.11 Å². The van der Waals surface area contributed by atoms with Crippen molar-refractivity contribution in [3.63, 3.8) is 0 Å². The molecule has 0 aliphatic carbocycles. The minimum Gasteiger partial charge on any atom is -0.493 e. The molecule has 0 bridgehead atoms. The number of hydrogen-bond acceptors (Lipinski definition) is 4. The maximum atomic E-state index is 10.8. The lowest BCUT2D eigenvalue weighted by molar-refractivity contribution is -0.137. The van der Waals surface area contributed by atoms with E-state index < -0.39 is 12.0 Å². The van der Waals surface area contributed by atoms with Gasteiger partial charge in [0.1, 0.15) is 6.04 Å². The molecule has 0 fully saturated rings. The number of hydrogen-bond donors (Lipinski definition) is 2. The van der Waals surface area contributed by atoms with Crippen molar-refractivity contribution in [1.82, 2.24) is 0 Å². The first-order valence-electron chi connectivity index (χ1n) is 5.21. The van der Waals surface area contributed by atoms with Gasteiger partial charge in [-0.3, -0.25) is 4.79 Å². The summed E-state index contributed by atoms with van der Waals surface area (Å²) in [7, 11) is 3.10. The highest BCUT2D eigenvalue weighted by Crippen LogP contribution is 2.33. The van der Waals surface area contributed by atoms with Crippen LogP contribution in [0.3, 0.4) is 0 Å². The first-order chi connectivity index (χ1) is 7.99. The minimum absolute atomic E-state index is 0.568. The van der Waals surface area contributed by atoms with Crippen molar-refractivity contribution in [2.75, 3.05) is 19.5 Å². The third-order valence-corrected chi connectivity index (χ3v) is 2.47. The SMILES string of the molecule is COc1cc(C)c(NC(C)C(=O)O)cc1OC. The second kappa shape index (κ2) is 5.43. The molecule has 0 aliphatic heterocycles. The Morgan fingerprint density at radius 2 is 1.82 bits per heavy atom. The zero-order valence-electron chi connectivity index (χ0n) is 10.4. The lowest BCUT2D eigenvalue weighted by atomic mass is 10.1. The van der Waals surface area contributed by atoms with Crippen molar-refractivity contribution < 1.29 is 19.4 Å². The Bertz CT molecular complexity index is 417. The zero-order chi connectivity index (χ0) is 13.0. The normalized spacial score (nSPS) is 11.8. The molecular formula is C12H17NO4. The van der Waals surface area contributed by atoms with Gasteiger partial charge in [-0.05, 0) is 25.5 Å². The van der Waals surface area contributed by atoms with Crippen LogP contribution >= 0.6 is 0 Å². The molecule has 0 heterocycles. The van der Waals surface area contributed by atoms with E-state index in [2.05, 4.69) is 5.32 Å². The highest BCUT2D eigenvalue weighted by Gasteiger charge is 2.14. The summed E-state index contributed by atoms with van der Waals surface area (Å²) in [4.78, 5) is 10.8. The molecule has 1 aromatic rings. The van der Waals surface area contributed by atoms with Crippen LogP contribution in [0.15, 0.2) is 12.1 Å². The van der Waals surface area contributed by atoms with Crippen LogP contribution in [0, 0.1) is 6.92 Å². The Hall–Kier alpha value is -1.91. The quantitative estimate of drug-likeness (QED) is 0.821. The Labute approximate surface area is 100 Å². The lowest BCUT2D eigenvalue weighted by Gasteiger charge is -2.16. The van der Waals surface area contributed by atoms with Crippen molar-refractivity contribution >= 4 is 11.7 Å². The summed E-state index contributed by atoms with van der Waals surface area (Å²) in [6.07, 6.45) is 0. The van der Waals surface area contributed by atoms with Crippen LogP contribution in [0.25, 0.3) is 0 Å². The minimum atomic E-state index is -0.904. The average Bonchev–Trinajstić information content (AvgIpc) is 2.30. The largest absolute Gasteiger partial charge is 0.493 e. The number of methoxy groups -OCH3 is 2. The molecule has 0 amide bonds. The smallest absolute Gasteiger partial charge is 0.325 e. The molecule has 5 heteroatoms. The molecule has 94 valence electrons. The van der Waals surface area contributed by atoms with Gasteiger partial charge in [-0.1, -0.05) is 0 Å². The second-order valence-electron chi connectivity index (χ2n) is 3.73. The molecule has 0 aromatic heterocycles. The van der Waals surface area contributed by atoms with Crippen molar-refractivity contribution in [2.45, 2.75) is 19.9 Å². The number of ether oxygens (including phenoxy) is 2. The van der Waals surface area contributed by atoms with E-state index in [-0.39, 0.29) is 0 Å². The van der Waals surface area contributed by atoms with E-state index >= 15 is 0 Å². The maximum Gasteiger partial charge on any atom is 0.325 e. The molecule has 0 radical (unpaired) electrons. The number of benzene rings is 1. The van der Waals surface area contributed by atoms with Crippen molar-refractivity contribution in [1.29, 1.82) is 0 Å². The Morgan fingerprint density at radius 3 is 2.29 bits per heavy atom. The molecule has 5 nitrogen and oxygen atoms in total. The standard InChI is InChI=1S/C12H17NO4/c1-7-5-10(16-3)11(17-4)6-9(7)13-8(2)12(14)15/h5-6,8,13H,1-4H3,(H,14,15). The van der Waals surface area contributed by atoms with E-state index in [4.69, 9.17) is 14.6 Å². The lowest BCUT2D eigenvalue weighted by Crippen LogP contribution is -2.25. The third kappa shape index (κ3) is 3.03. The van der Waals surface area contributed by atoms with Gasteiger partial charge in [-0.15, -0.1) is 0 Å². The Kier molecular flexibility index (Phi) is 4.20. The molecule has 0 spiro atoms. The third-order valence-electron chi connectivity index (χ3n) is 2.47. The van der Waals surface area contributed by atoms with Gasteiger partial charge < -0.3 is 19.9 Å². The molecule has 1 aromatic carbocycles. The van der Waals surface area contributed by atoms with Gasteiger partial charge in [0.15, 0.2) is 11.5 Å². The topological polar surface area (TPSA) is 67.8 Å². The van der Waals surface area contributed by atoms with Crippen LogP contribution in [0.5, 0.6) is 11.5 Å². The van der Waals surface area contributed by atoms with Crippen LogP contribution in [-0.4, -0.2) is 31.3 Å². The summed E-state index contributed by atoms with van der Waals surface area (Å²) >= 11 is 0. The number of anilines is 1. The van der Waals surface area contributed by atoms with E-state index in [9.17, 15) is 4.79 Å². The molecule has 17 heavy (non-hydrogen) atoms. The van der Waals surface area contributed by atoms with Crippen LogP contribution in [-0.2, 0) is 4.79 Å². The van der Waals surface area contributed by atoms with Gasteiger partial charge in [0.2, 0.25) is 0 Å². The molecule has 1 rings (SSSR count). The molecule has 0 aliphatic rings. The Balaban J connectivity index is 3.04. The zero-order valence-corrected chi connectivity index (χ0v) is 10.4. The summed E-state index contributed by atoms with van der Waals surface area (Å²) in [5.41, 5.74) is 1.62. The number of carboxylic acid groups (broad SMARTS) is 1.